The summed E-state index contributed by atoms with van der Waals surface area (Å²) in [6.07, 6.45) is 0. The highest BCUT2D eigenvalue weighted by molar-refractivity contribution is 7.89. The number of nitrogens with one attached hydrogen (secondary N) is 1. The first-order valence-corrected chi connectivity index (χ1v) is 9.80. The molecule has 28 heavy (non-hydrogen) atoms. The van der Waals surface area contributed by atoms with Crippen LogP contribution in [0.5, 0.6) is 5.75 Å². The van der Waals surface area contributed by atoms with Gasteiger partial charge in [0.05, 0.1) is 11.4 Å². The van der Waals surface area contributed by atoms with Crippen LogP contribution in [0.1, 0.15) is 12.5 Å². The van der Waals surface area contributed by atoms with Crippen molar-refractivity contribution in [3.63, 3.8) is 0 Å². The molecule has 1 unspecified atom stereocenters. The predicted octanol–water partition coefficient (Wildman–Crippen LogP) is 0.824. The molecular formula is C18H19N3O6S. The molecular weight excluding hydrogens is 386 g/mol. The molecule has 0 saturated carbocycles. The number of hydroxylamine groups is 1. The Morgan fingerprint density at radius 3 is 2.36 bits per heavy atom. The molecule has 2 amide bonds. The molecule has 1 aliphatic heterocycles. The van der Waals surface area contributed by atoms with Crippen molar-refractivity contribution in [3.8, 4) is 5.75 Å². The van der Waals surface area contributed by atoms with Gasteiger partial charge < -0.3 is 10.0 Å². The van der Waals surface area contributed by atoms with Crippen LogP contribution in [0.2, 0.25) is 0 Å². The lowest BCUT2D eigenvalue weighted by atomic mass is 10.1. The van der Waals surface area contributed by atoms with E-state index in [-0.39, 0.29) is 29.6 Å². The Labute approximate surface area is 161 Å². The number of hydrogen-bond acceptors (Lipinski definition) is 6. The minimum atomic E-state index is -4.19. The minimum Gasteiger partial charge on any atom is -0.508 e. The largest absolute Gasteiger partial charge is 0.508 e. The minimum absolute atomic E-state index is 0.104. The molecule has 9 nitrogen and oxygen atoms in total. The Hall–Kier alpha value is -2.95. The highest BCUT2D eigenvalue weighted by Crippen LogP contribution is 2.31. The predicted molar refractivity (Wildman–Crippen MR) is 99.0 cm³/mol. The third-order valence-corrected chi connectivity index (χ3v) is 6.42. The van der Waals surface area contributed by atoms with E-state index in [9.17, 15) is 23.1 Å². The summed E-state index contributed by atoms with van der Waals surface area (Å²) in [5.74, 6) is -1.43. The van der Waals surface area contributed by atoms with Crippen molar-refractivity contribution in [2.24, 2.45) is 0 Å². The quantitative estimate of drug-likeness (QED) is 0.513. The number of phenols is 1. The number of carbonyl (C=O) groups excluding carboxylic acids is 2. The summed E-state index contributed by atoms with van der Waals surface area (Å²) >= 11 is 0. The average Bonchev–Trinajstić information content (AvgIpc) is 2.85. The molecule has 0 radical (unpaired) electrons. The molecule has 0 spiro atoms. The second kappa shape index (κ2) is 7.58. The fourth-order valence-corrected chi connectivity index (χ4v) is 4.70. The molecule has 0 aliphatic carbocycles. The fraction of sp³-hybridized carbons (Fsp3) is 0.222. The Morgan fingerprint density at radius 1 is 1.11 bits per heavy atom. The molecule has 0 saturated heterocycles. The Bertz CT molecular complexity index is 1010. The van der Waals surface area contributed by atoms with Crippen LogP contribution >= 0.6 is 0 Å². The van der Waals surface area contributed by atoms with E-state index in [1.54, 1.807) is 24.3 Å². The molecule has 0 aromatic heterocycles. The van der Waals surface area contributed by atoms with Gasteiger partial charge in [0.2, 0.25) is 15.9 Å². The van der Waals surface area contributed by atoms with Crippen LogP contribution in [-0.2, 0) is 26.2 Å². The van der Waals surface area contributed by atoms with Crippen molar-refractivity contribution < 1.29 is 28.3 Å². The fourth-order valence-electron chi connectivity index (χ4n) is 3.14. The maximum absolute atomic E-state index is 13.2. The number of carbonyl (C=O) groups is 2. The van der Waals surface area contributed by atoms with Gasteiger partial charge in [-0.05, 0) is 35.9 Å². The van der Waals surface area contributed by atoms with Crippen LogP contribution < -0.4 is 10.4 Å². The van der Waals surface area contributed by atoms with Gasteiger partial charge in [-0.1, -0.05) is 18.2 Å². The summed E-state index contributed by atoms with van der Waals surface area (Å²) in [5, 5.41) is 18.6. The molecule has 1 aliphatic rings. The Morgan fingerprint density at radius 2 is 1.75 bits per heavy atom. The van der Waals surface area contributed by atoms with E-state index in [4.69, 9.17) is 5.21 Å². The summed E-state index contributed by atoms with van der Waals surface area (Å²) in [6, 6.07) is 10.3. The van der Waals surface area contributed by atoms with Gasteiger partial charge in [0.15, 0.2) is 0 Å². The average molecular weight is 405 g/mol. The van der Waals surface area contributed by atoms with Gasteiger partial charge in [-0.15, -0.1) is 0 Å². The maximum Gasteiger partial charge on any atom is 0.263 e. The molecule has 10 heteroatoms. The lowest BCUT2D eigenvalue weighted by Gasteiger charge is -2.29. The van der Waals surface area contributed by atoms with E-state index in [1.807, 2.05) is 0 Å². The van der Waals surface area contributed by atoms with E-state index >= 15 is 0 Å². The van der Waals surface area contributed by atoms with E-state index < -0.39 is 22.0 Å². The monoisotopic (exact) mass is 405 g/mol. The van der Waals surface area contributed by atoms with Crippen molar-refractivity contribution in [1.82, 2.24) is 9.79 Å². The second-order valence-corrected chi connectivity index (χ2v) is 8.18. The van der Waals surface area contributed by atoms with E-state index in [0.717, 1.165) is 4.31 Å². The Kier molecular flexibility index (Phi) is 5.36. The number of amides is 2. The van der Waals surface area contributed by atoms with Gasteiger partial charge in [0.25, 0.3) is 5.91 Å². The van der Waals surface area contributed by atoms with Gasteiger partial charge in [-0.3, -0.25) is 14.8 Å². The normalized spacial score (nSPS) is 17.5. The third-order valence-electron chi connectivity index (χ3n) is 4.55. The van der Waals surface area contributed by atoms with Crippen LogP contribution in [0.3, 0.4) is 0 Å². The van der Waals surface area contributed by atoms with Crippen molar-refractivity contribution in [3.05, 3.63) is 54.1 Å². The van der Waals surface area contributed by atoms with Crippen LogP contribution in [0.4, 0.5) is 5.69 Å². The topological polar surface area (TPSA) is 127 Å². The number of sulfonamides is 1. The van der Waals surface area contributed by atoms with E-state index in [0.29, 0.717) is 11.3 Å². The lowest BCUT2D eigenvalue weighted by Crippen LogP contribution is -2.53. The molecule has 2 aromatic rings. The van der Waals surface area contributed by atoms with E-state index in [1.165, 1.54) is 41.6 Å². The molecule has 1 atom stereocenters. The summed E-state index contributed by atoms with van der Waals surface area (Å²) in [5.41, 5.74) is 2.52. The summed E-state index contributed by atoms with van der Waals surface area (Å²) < 4.78 is 27.4. The number of fused-ring (bicyclic) bond motifs is 1. The van der Waals surface area contributed by atoms with Crippen LogP contribution in [0.25, 0.3) is 0 Å². The van der Waals surface area contributed by atoms with Crippen molar-refractivity contribution in [2.45, 2.75) is 24.4 Å². The molecule has 3 N–H and O–H groups in total. The first-order valence-electron chi connectivity index (χ1n) is 8.36. The molecule has 1 heterocycles. The maximum atomic E-state index is 13.2. The highest BCUT2D eigenvalue weighted by atomic mass is 32.2. The number of phenolic OH excluding ortho intramolecular Hbond substituents is 1. The third kappa shape index (κ3) is 3.57. The van der Waals surface area contributed by atoms with Crippen LogP contribution in [0, 0.1) is 0 Å². The molecule has 0 fully saturated rings. The zero-order valence-corrected chi connectivity index (χ0v) is 15.8. The smallest absolute Gasteiger partial charge is 0.263 e. The van der Waals surface area contributed by atoms with Crippen molar-refractivity contribution >= 4 is 27.5 Å². The van der Waals surface area contributed by atoms with Crippen molar-refractivity contribution in [2.75, 3.05) is 11.4 Å². The van der Waals surface area contributed by atoms with Gasteiger partial charge in [-0.25, -0.2) is 13.9 Å². The number of anilines is 1. The Balaban J connectivity index is 2.15. The number of rotatable bonds is 3. The molecule has 0 bridgehead atoms. The van der Waals surface area contributed by atoms with Gasteiger partial charge >= 0.3 is 0 Å². The number of hydrogen-bond donors (Lipinski definition) is 3. The highest BCUT2D eigenvalue weighted by Gasteiger charge is 2.40. The molecule has 148 valence electrons. The van der Waals surface area contributed by atoms with Gasteiger partial charge in [0.1, 0.15) is 11.8 Å². The molecule has 2 aromatic carbocycles. The molecule has 3 rings (SSSR count). The standard InChI is InChI=1S/C18H19N3O6S/c1-12(22)20-11-17(18(24)19-25)21(10-13-4-2-3-5-16(13)20)28(26,27)15-8-6-14(23)7-9-15/h2-9,17,23,25H,10-11H2,1H3,(H,19,24). The van der Waals surface area contributed by atoms with E-state index in [2.05, 4.69) is 0 Å². The SMILES string of the molecule is CC(=O)N1CC(C(=O)NO)N(S(=O)(=O)c2ccc(O)cc2)Cc2ccccc21. The first-order chi connectivity index (χ1) is 13.3. The first kappa shape index (κ1) is 19.8. The lowest BCUT2D eigenvalue weighted by molar-refractivity contribution is -0.133. The van der Waals surface area contributed by atoms with Crippen LogP contribution in [0.15, 0.2) is 53.4 Å². The summed E-state index contributed by atoms with van der Waals surface area (Å²) in [7, 11) is -4.19. The van der Waals surface area contributed by atoms with Gasteiger partial charge in [0, 0.05) is 19.2 Å². The number of nitrogens with zero attached hydrogens (tertiary/aromatic N) is 2. The summed E-state index contributed by atoms with van der Waals surface area (Å²) in [4.78, 5) is 25.7. The van der Waals surface area contributed by atoms with Gasteiger partial charge in [-0.2, -0.15) is 4.31 Å². The van der Waals surface area contributed by atoms with Crippen molar-refractivity contribution in [1.29, 1.82) is 0 Å². The number of aromatic hydroxyl groups is 1. The second-order valence-electron chi connectivity index (χ2n) is 6.29. The van der Waals surface area contributed by atoms with Crippen LogP contribution in [-0.4, -0.2) is 47.4 Å². The summed E-state index contributed by atoms with van der Waals surface area (Å²) in [6.45, 7) is 0.867. The zero-order chi connectivity index (χ0) is 20.5. The number of para-hydroxylation sites is 1. The zero-order valence-electron chi connectivity index (χ0n) is 14.9. The number of benzene rings is 2.